The lowest BCUT2D eigenvalue weighted by Gasteiger charge is -2.08. The summed E-state index contributed by atoms with van der Waals surface area (Å²) in [6.45, 7) is 6.64. The monoisotopic (exact) mass is 681 g/mol. The average molecular weight is 681 g/mol. The number of hydrogen-bond acceptors (Lipinski definition) is 4. The largest absolute Gasteiger partial charge is 0.450 e. The van der Waals surface area contributed by atoms with Crippen LogP contribution in [0.25, 0.3) is 0 Å². The third-order valence-electron chi connectivity index (χ3n) is 9.60. The molecule has 2 amide bonds. The van der Waals surface area contributed by atoms with Crippen LogP contribution in [-0.4, -0.2) is 38.5 Å². The van der Waals surface area contributed by atoms with Crippen LogP contribution < -0.4 is 10.6 Å². The summed E-state index contributed by atoms with van der Waals surface area (Å²) in [5.41, 5.74) is 0. The number of amides is 2. The van der Waals surface area contributed by atoms with Gasteiger partial charge in [0.05, 0.1) is 13.2 Å². The lowest BCUT2D eigenvalue weighted by Crippen LogP contribution is -2.26. The highest BCUT2D eigenvalue weighted by molar-refractivity contribution is 5.67. The molecule has 0 spiro atoms. The van der Waals surface area contributed by atoms with Gasteiger partial charge in [-0.3, -0.25) is 0 Å². The SMILES string of the molecule is CCCCCCCCCCCCCCCCCCNC(=O)OCCCCOC(=O)NCCCCCCCCCCCCCCCCCC. The number of rotatable bonds is 39. The lowest BCUT2D eigenvalue weighted by atomic mass is 10.0. The van der Waals surface area contributed by atoms with Crippen molar-refractivity contribution in [3.63, 3.8) is 0 Å². The molecule has 0 radical (unpaired) electrons. The fraction of sp³-hybridized carbons (Fsp3) is 0.952. The van der Waals surface area contributed by atoms with Crippen LogP contribution in [0.2, 0.25) is 0 Å². The second-order valence-electron chi connectivity index (χ2n) is 14.4. The number of carbonyl (C=O) groups excluding carboxylic acids is 2. The van der Waals surface area contributed by atoms with Gasteiger partial charge in [0.15, 0.2) is 0 Å². The molecule has 0 aromatic rings. The van der Waals surface area contributed by atoms with E-state index in [0.29, 0.717) is 39.1 Å². The average Bonchev–Trinajstić information content (AvgIpc) is 3.09. The van der Waals surface area contributed by atoms with E-state index in [1.54, 1.807) is 0 Å². The molecule has 0 aromatic carbocycles. The zero-order valence-electron chi connectivity index (χ0n) is 32.5. The summed E-state index contributed by atoms with van der Waals surface area (Å²) in [7, 11) is 0. The molecule has 48 heavy (non-hydrogen) atoms. The maximum Gasteiger partial charge on any atom is 0.407 e. The molecule has 286 valence electrons. The van der Waals surface area contributed by atoms with E-state index in [9.17, 15) is 9.59 Å². The van der Waals surface area contributed by atoms with E-state index in [1.807, 2.05) is 0 Å². The molecule has 6 heteroatoms. The molecule has 0 aliphatic rings. The Hall–Kier alpha value is -1.46. The molecule has 0 heterocycles. The third-order valence-corrected chi connectivity index (χ3v) is 9.60. The van der Waals surface area contributed by atoms with Gasteiger partial charge in [-0.15, -0.1) is 0 Å². The van der Waals surface area contributed by atoms with E-state index < -0.39 is 0 Å². The van der Waals surface area contributed by atoms with Gasteiger partial charge in [0.2, 0.25) is 0 Å². The highest BCUT2D eigenvalue weighted by atomic mass is 16.6. The number of nitrogens with one attached hydrogen (secondary N) is 2. The molecule has 0 saturated heterocycles. The Kier molecular flexibility index (Phi) is 40.4. The van der Waals surface area contributed by atoms with E-state index >= 15 is 0 Å². The molecular weight excluding hydrogens is 596 g/mol. The van der Waals surface area contributed by atoms with Crippen LogP contribution in [-0.2, 0) is 9.47 Å². The molecule has 0 aromatic heterocycles. The topological polar surface area (TPSA) is 76.7 Å². The molecule has 6 nitrogen and oxygen atoms in total. The molecule has 0 rings (SSSR count). The molecule has 0 aliphatic heterocycles. The van der Waals surface area contributed by atoms with Gasteiger partial charge in [0, 0.05) is 13.1 Å². The van der Waals surface area contributed by atoms with Crippen molar-refractivity contribution in [2.45, 2.75) is 232 Å². The number of alkyl carbamates (subject to hydrolysis) is 2. The van der Waals surface area contributed by atoms with E-state index in [-0.39, 0.29) is 12.2 Å². The molecule has 0 saturated carbocycles. The highest BCUT2D eigenvalue weighted by Crippen LogP contribution is 2.15. The summed E-state index contributed by atoms with van der Waals surface area (Å²) < 4.78 is 10.5. The van der Waals surface area contributed by atoms with E-state index in [2.05, 4.69) is 24.5 Å². The minimum atomic E-state index is -0.339. The summed E-state index contributed by atoms with van der Waals surface area (Å²) in [6, 6.07) is 0. The summed E-state index contributed by atoms with van der Waals surface area (Å²) in [6.07, 6.45) is 43.8. The van der Waals surface area contributed by atoms with Gasteiger partial charge in [0.1, 0.15) is 0 Å². The first-order valence-corrected chi connectivity index (χ1v) is 21.5. The smallest absolute Gasteiger partial charge is 0.407 e. The second kappa shape index (κ2) is 41.7. The predicted octanol–water partition coefficient (Wildman–Crippen LogP) is 13.7. The van der Waals surface area contributed by atoms with Crippen molar-refractivity contribution in [1.29, 1.82) is 0 Å². The van der Waals surface area contributed by atoms with Crippen LogP contribution in [0.4, 0.5) is 9.59 Å². The van der Waals surface area contributed by atoms with Crippen molar-refractivity contribution in [2.75, 3.05) is 26.3 Å². The first-order chi connectivity index (χ1) is 23.7. The molecule has 0 fully saturated rings. The second-order valence-corrected chi connectivity index (χ2v) is 14.4. The summed E-state index contributed by atoms with van der Waals surface area (Å²) in [4.78, 5) is 23.7. The molecule has 0 unspecified atom stereocenters. The maximum absolute atomic E-state index is 11.9. The highest BCUT2D eigenvalue weighted by Gasteiger charge is 2.04. The molecular formula is C42H84N2O4. The Labute approximate surface area is 299 Å². The predicted molar refractivity (Wildman–Crippen MR) is 207 cm³/mol. The number of carbonyl (C=O) groups is 2. The first-order valence-electron chi connectivity index (χ1n) is 21.5. The van der Waals surface area contributed by atoms with Gasteiger partial charge in [0.25, 0.3) is 0 Å². The van der Waals surface area contributed by atoms with Crippen LogP contribution in [0.15, 0.2) is 0 Å². The quantitative estimate of drug-likeness (QED) is 0.0634. The first kappa shape index (κ1) is 46.5. The van der Waals surface area contributed by atoms with Gasteiger partial charge >= 0.3 is 12.2 Å². The zero-order chi connectivity index (χ0) is 34.9. The molecule has 0 bridgehead atoms. The van der Waals surface area contributed by atoms with E-state index in [4.69, 9.17) is 9.47 Å². The zero-order valence-corrected chi connectivity index (χ0v) is 32.5. The third kappa shape index (κ3) is 40.7. The van der Waals surface area contributed by atoms with Crippen molar-refractivity contribution in [3.8, 4) is 0 Å². The Morgan fingerprint density at radius 2 is 0.521 bits per heavy atom. The van der Waals surface area contributed by atoms with Crippen molar-refractivity contribution in [2.24, 2.45) is 0 Å². The standard InChI is InChI=1S/C42H84N2O4/c1-3-5-7-9-11-13-15-17-19-21-23-25-27-29-31-33-37-43-41(45)47-39-35-36-40-48-42(46)44-38-34-32-30-28-26-24-22-20-18-16-14-12-10-8-6-4-2/h3-40H2,1-2H3,(H,43,45)(H,44,46). The van der Waals surface area contributed by atoms with Gasteiger partial charge in [-0.1, -0.05) is 206 Å². The van der Waals surface area contributed by atoms with Crippen molar-refractivity contribution >= 4 is 12.2 Å². The van der Waals surface area contributed by atoms with Crippen molar-refractivity contribution in [1.82, 2.24) is 10.6 Å². The van der Waals surface area contributed by atoms with Crippen LogP contribution in [0.5, 0.6) is 0 Å². The van der Waals surface area contributed by atoms with E-state index in [0.717, 1.165) is 25.7 Å². The minimum Gasteiger partial charge on any atom is -0.450 e. The van der Waals surface area contributed by atoms with Gasteiger partial charge in [-0.25, -0.2) is 9.59 Å². The Morgan fingerprint density at radius 3 is 0.750 bits per heavy atom. The maximum atomic E-state index is 11.9. The summed E-state index contributed by atoms with van der Waals surface area (Å²) in [5.74, 6) is 0. The van der Waals surface area contributed by atoms with Crippen LogP contribution >= 0.6 is 0 Å². The van der Waals surface area contributed by atoms with Gasteiger partial charge < -0.3 is 20.1 Å². The van der Waals surface area contributed by atoms with Crippen LogP contribution in [0.1, 0.15) is 232 Å². The fourth-order valence-corrected chi connectivity index (χ4v) is 6.36. The van der Waals surface area contributed by atoms with Crippen molar-refractivity contribution < 1.29 is 19.1 Å². The number of unbranched alkanes of at least 4 members (excludes halogenated alkanes) is 31. The summed E-state index contributed by atoms with van der Waals surface area (Å²) in [5, 5.41) is 5.70. The van der Waals surface area contributed by atoms with Crippen molar-refractivity contribution in [3.05, 3.63) is 0 Å². The van der Waals surface area contributed by atoms with Crippen LogP contribution in [0.3, 0.4) is 0 Å². The number of ether oxygens (including phenoxy) is 2. The number of hydrogen-bond donors (Lipinski definition) is 2. The lowest BCUT2D eigenvalue weighted by molar-refractivity contribution is 0.128. The fourth-order valence-electron chi connectivity index (χ4n) is 6.36. The van der Waals surface area contributed by atoms with Gasteiger partial charge in [-0.05, 0) is 25.7 Å². The Morgan fingerprint density at radius 1 is 0.312 bits per heavy atom. The van der Waals surface area contributed by atoms with Crippen LogP contribution in [0, 0.1) is 0 Å². The minimum absolute atomic E-state index is 0.339. The Bertz CT molecular complexity index is 591. The molecule has 0 aliphatic carbocycles. The van der Waals surface area contributed by atoms with E-state index in [1.165, 1.54) is 180 Å². The van der Waals surface area contributed by atoms with Gasteiger partial charge in [-0.2, -0.15) is 0 Å². The summed E-state index contributed by atoms with van der Waals surface area (Å²) >= 11 is 0. The molecule has 0 atom stereocenters. The molecule has 2 N–H and O–H groups in total. The Balaban J connectivity index is 3.24. The normalized spacial score (nSPS) is 11.1.